The zero-order chi connectivity index (χ0) is 11.0. The van der Waals surface area contributed by atoms with Crippen molar-refractivity contribution >= 4 is 11.3 Å². The number of hydrogen-bond donors (Lipinski definition) is 2. The number of rotatable bonds is 1. The first kappa shape index (κ1) is 10.0. The Hall–Kier alpha value is -1.16. The van der Waals surface area contributed by atoms with Gasteiger partial charge in [-0.3, -0.25) is 0 Å². The minimum atomic E-state index is 0.130. The molecule has 2 heterocycles. The van der Waals surface area contributed by atoms with E-state index in [0.29, 0.717) is 0 Å². The molecule has 2 aromatic rings. The Morgan fingerprint density at radius 2 is 2.06 bits per heavy atom. The van der Waals surface area contributed by atoms with Crippen LogP contribution in [0.1, 0.15) is 16.5 Å². The molecule has 1 unspecified atom stereocenters. The minimum Gasteiger partial charge on any atom is -0.323 e. The molecule has 3 N–H and O–H groups in total. The maximum absolute atomic E-state index is 6.17. The number of fused-ring (bicyclic) bond motifs is 1. The van der Waals surface area contributed by atoms with E-state index in [4.69, 9.17) is 5.73 Å². The summed E-state index contributed by atoms with van der Waals surface area (Å²) in [6.07, 6.45) is 0. The van der Waals surface area contributed by atoms with Crippen LogP contribution in [0.25, 0.3) is 11.1 Å². The maximum atomic E-state index is 6.17. The normalized spacial score (nSPS) is 19.4. The number of nitrogens with one attached hydrogen (secondary N) is 1. The molecule has 1 aliphatic rings. The van der Waals surface area contributed by atoms with Crippen LogP contribution in [0.5, 0.6) is 0 Å². The van der Waals surface area contributed by atoms with Crippen molar-refractivity contribution < 1.29 is 0 Å². The SMILES string of the molecule is NC1CNCc2scc(-c3ccccc3)c21. The van der Waals surface area contributed by atoms with Gasteiger partial charge in [0, 0.05) is 24.0 Å². The highest BCUT2D eigenvalue weighted by molar-refractivity contribution is 7.10. The van der Waals surface area contributed by atoms with Crippen molar-refractivity contribution in [2.24, 2.45) is 5.73 Å². The zero-order valence-corrected chi connectivity index (χ0v) is 9.76. The van der Waals surface area contributed by atoms with E-state index < -0.39 is 0 Å². The van der Waals surface area contributed by atoms with Crippen LogP contribution in [0.3, 0.4) is 0 Å². The lowest BCUT2D eigenvalue weighted by molar-refractivity contribution is 0.564. The highest BCUT2D eigenvalue weighted by Gasteiger charge is 2.22. The van der Waals surface area contributed by atoms with Crippen LogP contribution < -0.4 is 11.1 Å². The second-order valence-corrected chi connectivity index (χ2v) is 5.05. The number of thiophene rings is 1. The molecule has 2 nitrogen and oxygen atoms in total. The van der Waals surface area contributed by atoms with Gasteiger partial charge in [0.25, 0.3) is 0 Å². The maximum Gasteiger partial charge on any atom is 0.0439 e. The average Bonchev–Trinajstić information content (AvgIpc) is 2.75. The Labute approximate surface area is 99.1 Å². The molecule has 0 bridgehead atoms. The summed E-state index contributed by atoms with van der Waals surface area (Å²) in [5.41, 5.74) is 10.1. The average molecular weight is 230 g/mol. The van der Waals surface area contributed by atoms with E-state index in [1.165, 1.54) is 21.6 Å². The first-order chi connectivity index (χ1) is 7.86. The van der Waals surface area contributed by atoms with E-state index in [1.54, 1.807) is 0 Å². The van der Waals surface area contributed by atoms with Gasteiger partial charge in [-0.2, -0.15) is 0 Å². The van der Waals surface area contributed by atoms with Crippen molar-refractivity contribution in [3.05, 3.63) is 46.2 Å². The molecule has 1 atom stereocenters. The van der Waals surface area contributed by atoms with Crippen molar-refractivity contribution in [2.45, 2.75) is 12.6 Å². The molecule has 3 rings (SSSR count). The molecule has 0 saturated carbocycles. The van der Waals surface area contributed by atoms with E-state index in [1.807, 2.05) is 17.4 Å². The standard InChI is InChI=1S/C13H14N2S/c14-11-6-15-7-12-13(11)10(8-16-12)9-4-2-1-3-5-9/h1-5,8,11,15H,6-7,14H2. The van der Waals surface area contributed by atoms with Crippen molar-refractivity contribution in [1.29, 1.82) is 0 Å². The molecule has 3 heteroatoms. The molecule has 1 aliphatic heterocycles. The van der Waals surface area contributed by atoms with Crippen molar-refractivity contribution in [2.75, 3.05) is 6.54 Å². The van der Waals surface area contributed by atoms with Crippen LogP contribution in [-0.4, -0.2) is 6.54 Å². The Balaban J connectivity index is 2.13. The molecule has 16 heavy (non-hydrogen) atoms. The topological polar surface area (TPSA) is 38.0 Å². The molecule has 0 radical (unpaired) electrons. The fourth-order valence-corrected chi connectivity index (χ4v) is 3.33. The Bertz CT molecular complexity index is 490. The summed E-state index contributed by atoms with van der Waals surface area (Å²) in [6.45, 7) is 1.84. The van der Waals surface area contributed by atoms with Gasteiger partial charge in [0.05, 0.1) is 0 Å². The largest absolute Gasteiger partial charge is 0.323 e. The van der Waals surface area contributed by atoms with Crippen molar-refractivity contribution in [3.63, 3.8) is 0 Å². The molecular formula is C13H14N2S. The van der Waals surface area contributed by atoms with E-state index in [0.717, 1.165) is 13.1 Å². The molecular weight excluding hydrogens is 216 g/mol. The number of benzene rings is 1. The van der Waals surface area contributed by atoms with Gasteiger partial charge < -0.3 is 11.1 Å². The van der Waals surface area contributed by atoms with Gasteiger partial charge in [0.1, 0.15) is 0 Å². The Kier molecular flexibility index (Phi) is 2.52. The second-order valence-electron chi connectivity index (χ2n) is 4.09. The summed E-state index contributed by atoms with van der Waals surface area (Å²) in [6, 6.07) is 10.6. The monoisotopic (exact) mass is 230 g/mol. The third kappa shape index (κ3) is 1.57. The van der Waals surface area contributed by atoms with Gasteiger partial charge in [0.15, 0.2) is 0 Å². The third-order valence-corrected chi connectivity index (χ3v) is 4.02. The van der Waals surface area contributed by atoms with Gasteiger partial charge in [-0.1, -0.05) is 30.3 Å². The van der Waals surface area contributed by atoms with Crippen LogP contribution in [0, 0.1) is 0 Å². The quantitative estimate of drug-likeness (QED) is 0.790. The highest BCUT2D eigenvalue weighted by Crippen LogP contribution is 2.36. The first-order valence-corrected chi connectivity index (χ1v) is 6.36. The van der Waals surface area contributed by atoms with Gasteiger partial charge >= 0.3 is 0 Å². The molecule has 0 aliphatic carbocycles. The lowest BCUT2D eigenvalue weighted by atomic mass is 9.96. The predicted molar refractivity (Wildman–Crippen MR) is 68.4 cm³/mol. The summed E-state index contributed by atoms with van der Waals surface area (Å²) in [5, 5.41) is 5.57. The van der Waals surface area contributed by atoms with Gasteiger partial charge in [-0.15, -0.1) is 11.3 Å². The van der Waals surface area contributed by atoms with Crippen molar-refractivity contribution in [1.82, 2.24) is 5.32 Å². The van der Waals surface area contributed by atoms with Crippen LogP contribution in [0.2, 0.25) is 0 Å². The second kappa shape index (κ2) is 4.01. The molecule has 1 aromatic heterocycles. The van der Waals surface area contributed by atoms with E-state index in [-0.39, 0.29) is 6.04 Å². The Morgan fingerprint density at radius 1 is 1.25 bits per heavy atom. The fourth-order valence-electron chi connectivity index (χ4n) is 2.24. The third-order valence-electron chi connectivity index (χ3n) is 3.02. The summed E-state index contributed by atoms with van der Waals surface area (Å²) < 4.78 is 0. The van der Waals surface area contributed by atoms with Gasteiger partial charge in [-0.25, -0.2) is 0 Å². The molecule has 0 amide bonds. The zero-order valence-electron chi connectivity index (χ0n) is 8.94. The molecule has 82 valence electrons. The highest BCUT2D eigenvalue weighted by atomic mass is 32.1. The van der Waals surface area contributed by atoms with Crippen LogP contribution in [-0.2, 0) is 6.54 Å². The minimum absolute atomic E-state index is 0.130. The molecule has 0 fully saturated rings. The van der Waals surface area contributed by atoms with E-state index >= 15 is 0 Å². The lowest BCUT2D eigenvalue weighted by Crippen LogP contribution is -2.32. The summed E-state index contributed by atoms with van der Waals surface area (Å²) >= 11 is 1.81. The number of nitrogens with two attached hydrogens (primary N) is 1. The fraction of sp³-hybridized carbons (Fsp3) is 0.231. The Morgan fingerprint density at radius 3 is 2.88 bits per heavy atom. The summed E-state index contributed by atoms with van der Waals surface area (Å²) in [7, 11) is 0. The summed E-state index contributed by atoms with van der Waals surface area (Å²) in [4.78, 5) is 1.39. The predicted octanol–water partition coefficient (Wildman–Crippen LogP) is 2.52. The molecule has 1 aromatic carbocycles. The molecule has 0 saturated heterocycles. The number of hydrogen-bond acceptors (Lipinski definition) is 3. The van der Waals surface area contributed by atoms with Crippen molar-refractivity contribution in [3.8, 4) is 11.1 Å². The van der Waals surface area contributed by atoms with Crippen LogP contribution in [0.4, 0.5) is 0 Å². The van der Waals surface area contributed by atoms with E-state index in [2.05, 4.69) is 35.0 Å². The lowest BCUT2D eigenvalue weighted by Gasteiger charge is -2.21. The van der Waals surface area contributed by atoms with E-state index in [9.17, 15) is 0 Å². The summed E-state index contributed by atoms with van der Waals surface area (Å²) in [5.74, 6) is 0. The van der Waals surface area contributed by atoms with Crippen LogP contribution >= 0.6 is 11.3 Å². The van der Waals surface area contributed by atoms with Gasteiger partial charge in [0.2, 0.25) is 0 Å². The smallest absolute Gasteiger partial charge is 0.0439 e. The van der Waals surface area contributed by atoms with Crippen LogP contribution in [0.15, 0.2) is 35.7 Å². The molecule has 0 spiro atoms. The van der Waals surface area contributed by atoms with Gasteiger partial charge in [-0.05, 0) is 22.1 Å². The first-order valence-electron chi connectivity index (χ1n) is 5.48.